The van der Waals surface area contributed by atoms with E-state index in [1.165, 1.54) is 0 Å². The van der Waals surface area contributed by atoms with E-state index in [0.29, 0.717) is 5.56 Å². The number of hydrogen-bond donors (Lipinski definition) is 2. The molecule has 4 nitrogen and oxygen atoms in total. The van der Waals surface area contributed by atoms with Crippen LogP contribution in [0, 0.1) is 6.92 Å². The van der Waals surface area contributed by atoms with Crippen molar-refractivity contribution in [3.63, 3.8) is 0 Å². The maximum absolute atomic E-state index is 11.9. The van der Waals surface area contributed by atoms with Gasteiger partial charge in [-0.15, -0.1) is 0 Å². The van der Waals surface area contributed by atoms with Gasteiger partial charge in [-0.05, 0) is 31.0 Å². The zero-order chi connectivity index (χ0) is 12.0. The minimum absolute atomic E-state index is 0.143. The van der Waals surface area contributed by atoms with Crippen molar-refractivity contribution in [2.45, 2.75) is 20.3 Å². The van der Waals surface area contributed by atoms with Crippen molar-refractivity contribution in [2.75, 3.05) is 0 Å². The Kier molecular flexibility index (Phi) is 2.04. The largest absolute Gasteiger partial charge is 0.358 e. The normalized spacial score (nSPS) is 13.9. The van der Waals surface area contributed by atoms with Crippen LogP contribution in [-0.4, -0.2) is 17.1 Å². The van der Waals surface area contributed by atoms with Crippen LogP contribution in [0.15, 0.2) is 17.2 Å². The molecule has 1 aliphatic heterocycles. The van der Waals surface area contributed by atoms with Gasteiger partial charge in [0, 0.05) is 22.2 Å². The maximum Gasteiger partial charge on any atom is 0.272 e. The third-order valence-corrected chi connectivity index (χ3v) is 3.12. The Labute approximate surface area is 98.7 Å². The van der Waals surface area contributed by atoms with Crippen LogP contribution >= 0.6 is 0 Å². The van der Waals surface area contributed by atoms with Gasteiger partial charge in [-0.3, -0.25) is 4.79 Å². The zero-order valence-electron chi connectivity index (χ0n) is 9.79. The van der Waals surface area contributed by atoms with Gasteiger partial charge >= 0.3 is 0 Å². The molecule has 0 saturated heterocycles. The van der Waals surface area contributed by atoms with E-state index in [2.05, 4.69) is 28.5 Å². The van der Waals surface area contributed by atoms with Gasteiger partial charge in [-0.1, -0.05) is 6.92 Å². The topological polar surface area (TPSA) is 57.2 Å². The summed E-state index contributed by atoms with van der Waals surface area (Å²) in [5.74, 6) is -0.143. The number of benzene rings is 1. The predicted molar refractivity (Wildman–Crippen MR) is 67.5 cm³/mol. The summed E-state index contributed by atoms with van der Waals surface area (Å²) in [6.07, 6.45) is 2.62. The van der Waals surface area contributed by atoms with Gasteiger partial charge in [0.15, 0.2) is 0 Å². The Balaban J connectivity index is 2.49. The minimum Gasteiger partial charge on any atom is -0.358 e. The van der Waals surface area contributed by atoms with Crippen LogP contribution < -0.4 is 5.43 Å². The van der Waals surface area contributed by atoms with Crippen molar-refractivity contribution in [1.82, 2.24) is 10.4 Å². The van der Waals surface area contributed by atoms with Crippen LogP contribution in [0.2, 0.25) is 0 Å². The van der Waals surface area contributed by atoms with E-state index in [9.17, 15) is 4.79 Å². The highest BCUT2D eigenvalue weighted by Gasteiger charge is 2.19. The van der Waals surface area contributed by atoms with Crippen LogP contribution in [0.4, 0.5) is 0 Å². The molecule has 1 amide bonds. The summed E-state index contributed by atoms with van der Waals surface area (Å²) in [6.45, 7) is 4.07. The number of H-pyrrole nitrogens is 1. The standard InChI is InChI=1S/C13H13N3O/c1-3-10-9-6-14-16-13(17)8-4-7(2)5-11(15-10)12(8)9/h4-6,15H,3H2,1-2H3,(H,16,17). The van der Waals surface area contributed by atoms with Gasteiger partial charge in [-0.25, -0.2) is 5.43 Å². The van der Waals surface area contributed by atoms with Crippen molar-refractivity contribution in [2.24, 2.45) is 5.10 Å². The van der Waals surface area contributed by atoms with Crippen molar-refractivity contribution < 1.29 is 4.79 Å². The van der Waals surface area contributed by atoms with Gasteiger partial charge in [-0.2, -0.15) is 5.10 Å². The van der Waals surface area contributed by atoms with Crippen LogP contribution in [0.25, 0.3) is 10.9 Å². The first kappa shape index (κ1) is 10.1. The summed E-state index contributed by atoms with van der Waals surface area (Å²) in [5, 5.41) is 4.94. The molecule has 0 aliphatic carbocycles. The first-order valence-electron chi connectivity index (χ1n) is 5.69. The first-order chi connectivity index (χ1) is 8.20. The molecular weight excluding hydrogens is 214 g/mol. The summed E-state index contributed by atoms with van der Waals surface area (Å²) in [7, 11) is 0. The third kappa shape index (κ3) is 1.37. The third-order valence-electron chi connectivity index (χ3n) is 3.12. The summed E-state index contributed by atoms with van der Waals surface area (Å²) >= 11 is 0. The Bertz CT molecular complexity index is 652. The molecule has 2 aromatic rings. The van der Waals surface area contributed by atoms with Gasteiger partial charge in [0.05, 0.1) is 11.8 Å². The summed E-state index contributed by atoms with van der Waals surface area (Å²) in [4.78, 5) is 15.3. The number of aryl methyl sites for hydroxylation is 2. The molecule has 0 atom stereocenters. The lowest BCUT2D eigenvalue weighted by atomic mass is 10.0. The second-order valence-electron chi connectivity index (χ2n) is 4.30. The molecule has 0 spiro atoms. The molecule has 4 heteroatoms. The fourth-order valence-corrected chi connectivity index (χ4v) is 2.37. The fraction of sp³-hybridized carbons (Fsp3) is 0.231. The number of rotatable bonds is 1. The van der Waals surface area contributed by atoms with E-state index in [1.54, 1.807) is 6.21 Å². The fourth-order valence-electron chi connectivity index (χ4n) is 2.37. The van der Waals surface area contributed by atoms with E-state index in [4.69, 9.17) is 0 Å². The zero-order valence-corrected chi connectivity index (χ0v) is 9.79. The quantitative estimate of drug-likeness (QED) is 0.770. The lowest BCUT2D eigenvalue weighted by Gasteiger charge is -2.02. The van der Waals surface area contributed by atoms with Crippen LogP contribution in [0.3, 0.4) is 0 Å². The Hall–Kier alpha value is -2.10. The highest BCUT2D eigenvalue weighted by Crippen LogP contribution is 2.27. The average Bonchev–Trinajstić information content (AvgIpc) is 2.56. The lowest BCUT2D eigenvalue weighted by molar-refractivity contribution is 0.0957. The SMILES string of the molecule is CCc1[nH]c2cc(C)cc3c2c1C=NNC3=O. The average molecular weight is 227 g/mol. The summed E-state index contributed by atoms with van der Waals surface area (Å²) in [6, 6.07) is 3.97. The number of carbonyl (C=O) groups excluding carboxylic acids is 1. The molecule has 86 valence electrons. The second kappa shape index (κ2) is 3.45. The second-order valence-corrected chi connectivity index (χ2v) is 4.30. The van der Waals surface area contributed by atoms with Gasteiger partial charge in [0.1, 0.15) is 0 Å². The van der Waals surface area contributed by atoms with Crippen molar-refractivity contribution in [3.8, 4) is 0 Å². The lowest BCUT2D eigenvalue weighted by Crippen LogP contribution is -2.16. The van der Waals surface area contributed by atoms with Crippen LogP contribution in [0.1, 0.15) is 34.1 Å². The Morgan fingerprint density at radius 1 is 1.35 bits per heavy atom. The van der Waals surface area contributed by atoms with Gasteiger partial charge in [0.2, 0.25) is 0 Å². The molecule has 0 unspecified atom stereocenters. The first-order valence-corrected chi connectivity index (χ1v) is 5.69. The van der Waals surface area contributed by atoms with Crippen LogP contribution in [0.5, 0.6) is 0 Å². The summed E-state index contributed by atoms with van der Waals surface area (Å²) in [5.41, 5.74) is 7.45. The molecule has 0 fully saturated rings. The number of aromatic amines is 1. The molecule has 1 aromatic heterocycles. The number of aromatic nitrogens is 1. The Morgan fingerprint density at radius 3 is 2.94 bits per heavy atom. The number of nitrogens with one attached hydrogen (secondary N) is 2. The van der Waals surface area contributed by atoms with Crippen molar-refractivity contribution in [1.29, 1.82) is 0 Å². The van der Waals surface area contributed by atoms with E-state index in [-0.39, 0.29) is 5.91 Å². The van der Waals surface area contributed by atoms with E-state index >= 15 is 0 Å². The van der Waals surface area contributed by atoms with Crippen molar-refractivity contribution in [3.05, 3.63) is 34.5 Å². The molecule has 3 rings (SSSR count). The highest BCUT2D eigenvalue weighted by molar-refractivity contribution is 6.15. The number of hydrogen-bond acceptors (Lipinski definition) is 2. The molecule has 2 N–H and O–H groups in total. The molecule has 17 heavy (non-hydrogen) atoms. The van der Waals surface area contributed by atoms with E-state index < -0.39 is 0 Å². The monoisotopic (exact) mass is 227 g/mol. The summed E-state index contributed by atoms with van der Waals surface area (Å²) < 4.78 is 0. The van der Waals surface area contributed by atoms with E-state index in [0.717, 1.165) is 34.1 Å². The minimum atomic E-state index is -0.143. The molecule has 1 aliphatic rings. The molecule has 2 heterocycles. The number of hydrazone groups is 1. The molecular formula is C13H13N3O. The van der Waals surface area contributed by atoms with Gasteiger partial charge in [0.25, 0.3) is 5.91 Å². The number of nitrogens with zero attached hydrogens (tertiary/aromatic N) is 1. The smallest absolute Gasteiger partial charge is 0.272 e. The van der Waals surface area contributed by atoms with Gasteiger partial charge < -0.3 is 4.98 Å². The van der Waals surface area contributed by atoms with E-state index in [1.807, 2.05) is 13.0 Å². The molecule has 0 bridgehead atoms. The highest BCUT2D eigenvalue weighted by atomic mass is 16.2. The number of carbonyl (C=O) groups is 1. The molecule has 0 radical (unpaired) electrons. The predicted octanol–water partition coefficient (Wildman–Crippen LogP) is 2.12. The van der Waals surface area contributed by atoms with Crippen molar-refractivity contribution >= 4 is 23.0 Å². The molecule has 1 aromatic carbocycles. The Morgan fingerprint density at radius 2 is 2.18 bits per heavy atom. The van der Waals surface area contributed by atoms with Crippen LogP contribution in [-0.2, 0) is 6.42 Å². The number of amides is 1. The molecule has 0 saturated carbocycles. The maximum atomic E-state index is 11.9.